The van der Waals surface area contributed by atoms with Crippen molar-refractivity contribution in [3.05, 3.63) is 53.9 Å². The fourth-order valence-electron chi connectivity index (χ4n) is 2.07. The van der Waals surface area contributed by atoms with Crippen LogP contribution >= 0.6 is 0 Å². The molecule has 2 rings (SSSR count). The van der Waals surface area contributed by atoms with Gasteiger partial charge in [-0.25, -0.2) is 0 Å². The first-order chi connectivity index (χ1) is 10.6. The highest BCUT2D eigenvalue weighted by atomic mass is 16.1. The lowest BCUT2D eigenvalue weighted by Crippen LogP contribution is -2.34. The summed E-state index contributed by atoms with van der Waals surface area (Å²) in [5.74, 6) is 0.133. The van der Waals surface area contributed by atoms with Gasteiger partial charge >= 0.3 is 0 Å². The van der Waals surface area contributed by atoms with Gasteiger partial charge in [-0.15, -0.1) is 0 Å². The van der Waals surface area contributed by atoms with Crippen molar-refractivity contribution in [1.29, 1.82) is 0 Å². The Morgan fingerprint density at radius 1 is 1.18 bits per heavy atom. The van der Waals surface area contributed by atoms with Gasteiger partial charge in [-0.3, -0.25) is 9.48 Å². The summed E-state index contributed by atoms with van der Waals surface area (Å²) < 4.78 is 1.94. The molecule has 0 radical (unpaired) electrons. The lowest BCUT2D eigenvalue weighted by Gasteiger charge is -2.07. The van der Waals surface area contributed by atoms with Gasteiger partial charge in [0.15, 0.2) is 0 Å². The first-order valence-corrected chi connectivity index (χ1v) is 7.69. The van der Waals surface area contributed by atoms with Gasteiger partial charge in [0, 0.05) is 37.3 Å². The second-order valence-electron chi connectivity index (χ2n) is 5.65. The molecule has 0 aliphatic heterocycles. The molecule has 0 bridgehead atoms. The molecule has 118 valence electrons. The SMILES string of the molecule is CC(C)C(=O)NCCNCc1cnn(Cc2ccccc2)c1. The van der Waals surface area contributed by atoms with Crippen LogP contribution in [0.4, 0.5) is 0 Å². The number of rotatable bonds is 8. The highest BCUT2D eigenvalue weighted by Gasteiger charge is 2.04. The topological polar surface area (TPSA) is 59.0 Å². The third-order valence-corrected chi connectivity index (χ3v) is 3.33. The molecule has 1 aromatic carbocycles. The van der Waals surface area contributed by atoms with E-state index >= 15 is 0 Å². The van der Waals surface area contributed by atoms with Gasteiger partial charge in [0.1, 0.15) is 0 Å². The highest BCUT2D eigenvalue weighted by molar-refractivity contribution is 5.77. The molecule has 1 heterocycles. The molecule has 0 atom stereocenters. The first-order valence-electron chi connectivity index (χ1n) is 7.69. The van der Waals surface area contributed by atoms with Crippen LogP contribution in [0.5, 0.6) is 0 Å². The average Bonchev–Trinajstić information content (AvgIpc) is 2.95. The van der Waals surface area contributed by atoms with Gasteiger partial charge in [0.25, 0.3) is 0 Å². The minimum atomic E-state index is 0.0382. The van der Waals surface area contributed by atoms with Crippen molar-refractivity contribution < 1.29 is 4.79 Å². The molecule has 0 saturated carbocycles. The Bertz CT molecular complexity index is 577. The molecule has 22 heavy (non-hydrogen) atoms. The molecule has 0 aliphatic carbocycles. The fraction of sp³-hybridized carbons (Fsp3) is 0.412. The summed E-state index contributed by atoms with van der Waals surface area (Å²) in [5.41, 5.74) is 2.38. The fourth-order valence-corrected chi connectivity index (χ4v) is 2.07. The zero-order valence-corrected chi connectivity index (χ0v) is 13.2. The Balaban J connectivity index is 1.68. The number of aromatic nitrogens is 2. The van der Waals surface area contributed by atoms with Crippen molar-refractivity contribution in [2.24, 2.45) is 5.92 Å². The number of nitrogens with zero attached hydrogens (tertiary/aromatic N) is 2. The molecular formula is C17H24N4O. The van der Waals surface area contributed by atoms with E-state index in [1.54, 1.807) is 0 Å². The Morgan fingerprint density at radius 3 is 2.68 bits per heavy atom. The minimum Gasteiger partial charge on any atom is -0.355 e. The van der Waals surface area contributed by atoms with E-state index in [1.807, 2.05) is 49.1 Å². The van der Waals surface area contributed by atoms with Crippen LogP contribution in [0.1, 0.15) is 25.0 Å². The molecule has 0 unspecified atom stereocenters. The van der Waals surface area contributed by atoms with Crippen LogP contribution in [-0.4, -0.2) is 28.8 Å². The maximum Gasteiger partial charge on any atom is 0.222 e. The minimum absolute atomic E-state index is 0.0382. The lowest BCUT2D eigenvalue weighted by molar-refractivity contribution is -0.123. The smallest absolute Gasteiger partial charge is 0.222 e. The summed E-state index contributed by atoms with van der Waals surface area (Å²) in [4.78, 5) is 11.4. The van der Waals surface area contributed by atoms with Crippen LogP contribution < -0.4 is 10.6 Å². The third-order valence-electron chi connectivity index (χ3n) is 3.33. The van der Waals surface area contributed by atoms with Gasteiger partial charge in [-0.05, 0) is 5.56 Å². The predicted octanol–water partition coefficient (Wildman–Crippen LogP) is 1.79. The number of carbonyl (C=O) groups excluding carboxylic acids is 1. The maximum absolute atomic E-state index is 11.4. The Kier molecular flexibility index (Phi) is 6.15. The first kappa shape index (κ1) is 16.2. The number of amides is 1. The average molecular weight is 300 g/mol. The van der Waals surface area contributed by atoms with E-state index in [9.17, 15) is 4.79 Å². The quantitative estimate of drug-likeness (QED) is 0.731. The van der Waals surface area contributed by atoms with Crippen molar-refractivity contribution in [2.75, 3.05) is 13.1 Å². The van der Waals surface area contributed by atoms with Gasteiger partial charge in [0.05, 0.1) is 12.7 Å². The van der Waals surface area contributed by atoms with Gasteiger partial charge in [-0.1, -0.05) is 44.2 Å². The molecule has 0 fully saturated rings. The van der Waals surface area contributed by atoms with E-state index in [0.717, 1.165) is 25.2 Å². The number of benzene rings is 1. The maximum atomic E-state index is 11.4. The molecule has 5 heteroatoms. The molecule has 2 N–H and O–H groups in total. The summed E-state index contributed by atoms with van der Waals surface area (Å²) in [6, 6.07) is 10.3. The molecule has 0 saturated heterocycles. The highest BCUT2D eigenvalue weighted by Crippen LogP contribution is 2.03. The molecule has 1 amide bonds. The predicted molar refractivity (Wildman–Crippen MR) is 87.3 cm³/mol. The van der Waals surface area contributed by atoms with Crippen molar-refractivity contribution in [1.82, 2.24) is 20.4 Å². The van der Waals surface area contributed by atoms with E-state index in [0.29, 0.717) is 6.54 Å². The van der Waals surface area contributed by atoms with Crippen LogP contribution in [-0.2, 0) is 17.9 Å². The van der Waals surface area contributed by atoms with Crippen LogP contribution in [0.2, 0.25) is 0 Å². The normalized spacial score (nSPS) is 10.9. The van der Waals surface area contributed by atoms with E-state index in [4.69, 9.17) is 0 Å². The van der Waals surface area contributed by atoms with E-state index in [-0.39, 0.29) is 11.8 Å². The monoisotopic (exact) mass is 300 g/mol. The summed E-state index contributed by atoms with van der Waals surface area (Å²) >= 11 is 0. The standard InChI is InChI=1S/C17H24N4O/c1-14(2)17(22)19-9-8-18-10-16-11-20-21(13-16)12-15-6-4-3-5-7-15/h3-7,11,13-14,18H,8-10,12H2,1-2H3,(H,19,22). The van der Waals surface area contributed by atoms with Crippen LogP contribution in [0, 0.1) is 5.92 Å². The molecular weight excluding hydrogens is 276 g/mol. The third kappa shape index (κ3) is 5.33. The number of carbonyl (C=O) groups is 1. The van der Waals surface area contributed by atoms with Crippen molar-refractivity contribution in [3.8, 4) is 0 Å². The molecule has 1 aromatic heterocycles. The van der Waals surface area contributed by atoms with E-state index in [1.165, 1.54) is 5.56 Å². The molecule has 5 nitrogen and oxygen atoms in total. The second-order valence-corrected chi connectivity index (χ2v) is 5.65. The van der Waals surface area contributed by atoms with Gasteiger partial charge < -0.3 is 10.6 Å². The van der Waals surface area contributed by atoms with Crippen LogP contribution in [0.3, 0.4) is 0 Å². The van der Waals surface area contributed by atoms with Crippen molar-refractivity contribution in [2.45, 2.75) is 26.9 Å². The second kappa shape index (κ2) is 8.34. The lowest BCUT2D eigenvalue weighted by atomic mass is 10.2. The Labute approximate surface area is 131 Å². The number of hydrogen-bond donors (Lipinski definition) is 2. The summed E-state index contributed by atoms with van der Waals surface area (Å²) in [6.07, 6.45) is 3.93. The largest absolute Gasteiger partial charge is 0.355 e. The molecule has 0 spiro atoms. The molecule has 2 aromatic rings. The zero-order chi connectivity index (χ0) is 15.8. The zero-order valence-electron chi connectivity index (χ0n) is 13.2. The van der Waals surface area contributed by atoms with E-state index < -0.39 is 0 Å². The van der Waals surface area contributed by atoms with E-state index in [2.05, 4.69) is 27.9 Å². The summed E-state index contributed by atoms with van der Waals surface area (Å²) in [6.45, 7) is 6.73. The Hall–Kier alpha value is -2.14. The van der Waals surface area contributed by atoms with Crippen LogP contribution in [0.25, 0.3) is 0 Å². The van der Waals surface area contributed by atoms with Gasteiger partial charge in [-0.2, -0.15) is 5.10 Å². The van der Waals surface area contributed by atoms with Gasteiger partial charge in [0.2, 0.25) is 5.91 Å². The van der Waals surface area contributed by atoms with Crippen molar-refractivity contribution >= 4 is 5.91 Å². The van der Waals surface area contributed by atoms with Crippen LogP contribution in [0.15, 0.2) is 42.7 Å². The Morgan fingerprint density at radius 2 is 1.95 bits per heavy atom. The summed E-state index contributed by atoms with van der Waals surface area (Å²) in [5, 5.41) is 10.6. The molecule has 0 aliphatic rings. The summed E-state index contributed by atoms with van der Waals surface area (Å²) in [7, 11) is 0. The number of hydrogen-bond acceptors (Lipinski definition) is 3. The van der Waals surface area contributed by atoms with Crippen molar-refractivity contribution in [3.63, 3.8) is 0 Å². The number of nitrogens with one attached hydrogen (secondary N) is 2.